The zero-order chi connectivity index (χ0) is 7.28. The molecule has 0 saturated heterocycles. The van der Waals surface area contributed by atoms with E-state index in [9.17, 15) is 0 Å². The van der Waals surface area contributed by atoms with Crippen molar-refractivity contribution in [3.8, 4) is 0 Å². The van der Waals surface area contributed by atoms with Crippen LogP contribution < -0.4 is 0 Å². The van der Waals surface area contributed by atoms with E-state index in [0.29, 0.717) is 5.76 Å². The summed E-state index contributed by atoms with van der Waals surface area (Å²) >= 11 is 0. The summed E-state index contributed by atoms with van der Waals surface area (Å²) in [6, 6.07) is 0. The minimum atomic E-state index is 0.315. The molecule has 0 aromatic rings. The fourth-order valence-electron chi connectivity index (χ4n) is 0.490. The lowest BCUT2D eigenvalue weighted by Gasteiger charge is -1.94. The lowest BCUT2D eigenvalue weighted by Crippen LogP contribution is -1.79. The Morgan fingerprint density at radius 2 is 2.11 bits per heavy atom. The van der Waals surface area contributed by atoms with Crippen LogP contribution >= 0.6 is 0 Å². The van der Waals surface area contributed by atoms with Crippen molar-refractivity contribution in [2.24, 2.45) is 0 Å². The number of hydrogen-bond acceptors (Lipinski definition) is 1. The van der Waals surface area contributed by atoms with Gasteiger partial charge in [-0.3, -0.25) is 0 Å². The van der Waals surface area contributed by atoms with Crippen LogP contribution in [-0.2, 0) is 0 Å². The van der Waals surface area contributed by atoms with Gasteiger partial charge in [0.1, 0.15) is 5.76 Å². The van der Waals surface area contributed by atoms with Crippen molar-refractivity contribution >= 4 is 0 Å². The fraction of sp³-hybridized carbons (Fsp3) is 0.250. The monoisotopic (exact) mass is 124 g/mol. The van der Waals surface area contributed by atoms with Crippen molar-refractivity contribution in [1.29, 1.82) is 0 Å². The number of aliphatic hydroxyl groups excluding tert-OH is 1. The molecule has 0 fully saturated rings. The third kappa shape index (κ3) is 2.75. The maximum atomic E-state index is 9.00. The summed E-state index contributed by atoms with van der Waals surface area (Å²) in [7, 11) is 0. The van der Waals surface area contributed by atoms with E-state index in [-0.39, 0.29) is 0 Å². The van der Waals surface area contributed by atoms with Gasteiger partial charge in [0.05, 0.1) is 0 Å². The molecule has 0 amide bonds. The van der Waals surface area contributed by atoms with Gasteiger partial charge < -0.3 is 5.11 Å². The fourth-order valence-corrected chi connectivity index (χ4v) is 0.490. The molecule has 0 saturated carbocycles. The summed E-state index contributed by atoms with van der Waals surface area (Å²) in [4.78, 5) is 0. The zero-order valence-corrected chi connectivity index (χ0v) is 5.89. The molecule has 0 aliphatic carbocycles. The quantitative estimate of drug-likeness (QED) is 0.443. The second kappa shape index (κ2) is 3.96. The van der Waals surface area contributed by atoms with Gasteiger partial charge in [0.2, 0.25) is 0 Å². The zero-order valence-electron chi connectivity index (χ0n) is 5.89. The molecule has 1 nitrogen and oxygen atoms in total. The van der Waals surface area contributed by atoms with Gasteiger partial charge >= 0.3 is 0 Å². The molecule has 0 aliphatic rings. The summed E-state index contributed by atoms with van der Waals surface area (Å²) in [5.41, 5.74) is 0.840. The van der Waals surface area contributed by atoms with E-state index in [0.717, 1.165) is 5.57 Å². The molecule has 1 heteroatoms. The van der Waals surface area contributed by atoms with E-state index in [4.69, 9.17) is 5.11 Å². The molecule has 0 bridgehead atoms. The van der Waals surface area contributed by atoms with Crippen molar-refractivity contribution in [3.63, 3.8) is 0 Å². The molecule has 9 heavy (non-hydrogen) atoms. The van der Waals surface area contributed by atoms with Gasteiger partial charge in [-0.2, -0.15) is 0 Å². The average molecular weight is 124 g/mol. The first-order valence-electron chi connectivity index (χ1n) is 2.87. The highest BCUT2D eigenvalue weighted by atomic mass is 16.3. The van der Waals surface area contributed by atoms with Gasteiger partial charge in [-0.05, 0) is 25.5 Å². The first-order chi connectivity index (χ1) is 4.22. The van der Waals surface area contributed by atoms with Crippen LogP contribution in [-0.4, -0.2) is 5.11 Å². The maximum absolute atomic E-state index is 9.00. The predicted octanol–water partition coefficient (Wildman–Crippen LogP) is 2.58. The minimum absolute atomic E-state index is 0.315. The first kappa shape index (κ1) is 8.02. The van der Waals surface area contributed by atoms with E-state index >= 15 is 0 Å². The summed E-state index contributed by atoms with van der Waals surface area (Å²) in [6.07, 6.45) is 5.06. The van der Waals surface area contributed by atoms with Crippen LogP contribution in [0.1, 0.15) is 13.8 Å². The minimum Gasteiger partial charge on any atom is -0.508 e. The van der Waals surface area contributed by atoms with E-state index in [2.05, 4.69) is 6.58 Å². The van der Waals surface area contributed by atoms with E-state index in [1.807, 2.05) is 6.92 Å². The Hall–Kier alpha value is -0.980. The number of rotatable bonds is 2. The van der Waals surface area contributed by atoms with Crippen molar-refractivity contribution in [2.45, 2.75) is 13.8 Å². The van der Waals surface area contributed by atoms with E-state index in [1.54, 1.807) is 25.2 Å². The molecule has 0 spiro atoms. The number of aliphatic hydroxyl groups is 1. The average Bonchev–Trinajstić information content (AvgIpc) is 1.87. The highest BCUT2D eigenvalue weighted by Gasteiger charge is 1.89. The highest BCUT2D eigenvalue weighted by molar-refractivity contribution is 5.25. The van der Waals surface area contributed by atoms with E-state index < -0.39 is 0 Å². The molecule has 0 heterocycles. The van der Waals surface area contributed by atoms with Gasteiger partial charge in [-0.15, -0.1) is 0 Å². The van der Waals surface area contributed by atoms with E-state index in [1.165, 1.54) is 0 Å². The van der Waals surface area contributed by atoms with Crippen LogP contribution in [0, 0.1) is 0 Å². The lowest BCUT2D eigenvalue weighted by molar-refractivity contribution is 0.422. The van der Waals surface area contributed by atoms with Gasteiger partial charge in [0, 0.05) is 0 Å². The highest BCUT2D eigenvalue weighted by Crippen LogP contribution is 2.03. The molecule has 1 N–H and O–H groups in total. The number of hydrogen-bond donors (Lipinski definition) is 1. The van der Waals surface area contributed by atoms with Gasteiger partial charge in [0.15, 0.2) is 0 Å². The van der Waals surface area contributed by atoms with Crippen LogP contribution in [0.3, 0.4) is 0 Å². The molecular weight excluding hydrogens is 112 g/mol. The Morgan fingerprint density at radius 1 is 1.56 bits per heavy atom. The Balaban J connectivity index is 4.19. The van der Waals surface area contributed by atoms with Gasteiger partial charge in [0.25, 0.3) is 0 Å². The number of allylic oxidation sites excluding steroid dienone is 4. The van der Waals surface area contributed by atoms with Crippen LogP contribution in [0.2, 0.25) is 0 Å². The third-order valence-corrected chi connectivity index (χ3v) is 1.05. The molecule has 0 aromatic heterocycles. The molecule has 0 aromatic carbocycles. The van der Waals surface area contributed by atoms with Gasteiger partial charge in [-0.25, -0.2) is 0 Å². The smallest absolute Gasteiger partial charge is 0.114 e. The lowest BCUT2D eigenvalue weighted by atomic mass is 10.2. The molecule has 50 valence electrons. The normalized spacial score (nSPS) is 13.6. The maximum Gasteiger partial charge on any atom is 0.114 e. The standard InChI is InChI=1S/C8H12O/c1-4-6-7(3)8(9)5-2/h4-6,9H,1H2,2-3H3/b7-6-,8-5-. The largest absolute Gasteiger partial charge is 0.508 e. The summed E-state index contributed by atoms with van der Waals surface area (Å²) in [5, 5.41) is 9.00. The molecule has 0 rings (SSSR count). The van der Waals surface area contributed by atoms with Crippen molar-refractivity contribution in [1.82, 2.24) is 0 Å². The van der Waals surface area contributed by atoms with Crippen molar-refractivity contribution in [3.05, 3.63) is 36.1 Å². The Labute approximate surface area is 56.0 Å². The van der Waals surface area contributed by atoms with Crippen LogP contribution in [0.25, 0.3) is 0 Å². The first-order valence-corrected chi connectivity index (χ1v) is 2.87. The topological polar surface area (TPSA) is 20.2 Å². The van der Waals surface area contributed by atoms with Crippen molar-refractivity contribution < 1.29 is 5.11 Å². The Bertz CT molecular complexity index is 152. The second-order valence-electron chi connectivity index (χ2n) is 1.76. The summed E-state index contributed by atoms with van der Waals surface area (Å²) < 4.78 is 0. The molecular formula is C8H12O. The molecule has 0 atom stereocenters. The predicted molar refractivity (Wildman–Crippen MR) is 40.3 cm³/mol. The van der Waals surface area contributed by atoms with Crippen LogP contribution in [0.15, 0.2) is 36.1 Å². The second-order valence-corrected chi connectivity index (χ2v) is 1.76. The summed E-state index contributed by atoms with van der Waals surface area (Å²) in [5.74, 6) is 0.315. The Morgan fingerprint density at radius 3 is 2.44 bits per heavy atom. The summed E-state index contributed by atoms with van der Waals surface area (Å²) in [6.45, 7) is 7.12. The molecule has 0 radical (unpaired) electrons. The van der Waals surface area contributed by atoms with Crippen LogP contribution in [0.4, 0.5) is 0 Å². The van der Waals surface area contributed by atoms with Gasteiger partial charge in [-0.1, -0.05) is 18.7 Å². The molecule has 0 unspecified atom stereocenters. The third-order valence-electron chi connectivity index (χ3n) is 1.05. The Kier molecular flexibility index (Phi) is 3.52. The SMILES string of the molecule is C=C/C=C(C)\C(O)=C\C. The van der Waals surface area contributed by atoms with Crippen molar-refractivity contribution in [2.75, 3.05) is 0 Å². The van der Waals surface area contributed by atoms with Crippen LogP contribution in [0.5, 0.6) is 0 Å². The molecule has 0 aliphatic heterocycles.